The fraction of sp³-hybridized carbons (Fsp3) is 1.00. The van der Waals surface area contributed by atoms with Crippen molar-refractivity contribution in [3.8, 4) is 0 Å². The molecule has 1 fully saturated rings. The molecule has 3 atom stereocenters. The third-order valence-corrected chi connectivity index (χ3v) is 3.59. The van der Waals surface area contributed by atoms with Crippen LogP contribution in [0.2, 0.25) is 0 Å². The average molecular weight is 170 g/mol. The average Bonchev–Trinajstić information content (AvgIpc) is 2.56. The maximum absolute atomic E-state index is 9.96. The minimum atomic E-state index is -0.0833. The van der Waals surface area contributed by atoms with Gasteiger partial charge in [0.25, 0.3) is 0 Å². The van der Waals surface area contributed by atoms with Gasteiger partial charge in [-0.1, -0.05) is 34.6 Å². The van der Waals surface area contributed by atoms with E-state index in [1.807, 2.05) is 0 Å². The molecule has 0 aromatic rings. The predicted octanol–water partition coefficient (Wildman–Crippen LogP) is 2.69. The summed E-state index contributed by atoms with van der Waals surface area (Å²) >= 11 is 0. The zero-order valence-corrected chi connectivity index (χ0v) is 8.96. The Bertz CT molecular complexity index is 158. The molecule has 0 amide bonds. The van der Waals surface area contributed by atoms with Crippen LogP contribution < -0.4 is 0 Å². The molecule has 0 aromatic heterocycles. The van der Waals surface area contributed by atoms with E-state index in [0.29, 0.717) is 23.2 Å². The summed E-state index contributed by atoms with van der Waals surface area (Å²) in [6.07, 6.45) is 1.12. The highest BCUT2D eigenvalue weighted by Gasteiger charge is 2.51. The molecule has 3 unspecified atom stereocenters. The molecule has 0 aromatic carbocycles. The molecule has 12 heavy (non-hydrogen) atoms. The Balaban J connectivity index is 2.44. The number of aliphatic hydroxyl groups excluding tert-OH is 1. The standard InChI is InChI=1S/C11H22O/c1-7(2)8(3)10(12)9-6-11(9,4)5/h7-10,12H,6H2,1-5H3. The van der Waals surface area contributed by atoms with Crippen molar-refractivity contribution in [2.75, 3.05) is 0 Å². The van der Waals surface area contributed by atoms with Crippen LogP contribution in [0.5, 0.6) is 0 Å². The third-order valence-electron chi connectivity index (χ3n) is 3.59. The van der Waals surface area contributed by atoms with Gasteiger partial charge in [-0.3, -0.25) is 0 Å². The summed E-state index contributed by atoms with van der Waals surface area (Å²) in [7, 11) is 0. The van der Waals surface area contributed by atoms with Gasteiger partial charge >= 0.3 is 0 Å². The first-order valence-corrected chi connectivity index (χ1v) is 5.04. The molecule has 0 heterocycles. The first-order valence-electron chi connectivity index (χ1n) is 5.04. The van der Waals surface area contributed by atoms with Crippen molar-refractivity contribution in [2.45, 2.75) is 47.1 Å². The van der Waals surface area contributed by atoms with E-state index in [1.54, 1.807) is 0 Å². The SMILES string of the molecule is CC(C)C(C)C(O)C1CC1(C)C. The highest BCUT2D eigenvalue weighted by atomic mass is 16.3. The van der Waals surface area contributed by atoms with Crippen molar-refractivity contribution >= 4 is 0 Å². The van der Waals surface area contributed by atoms with Crippen LogP contribution in [0.15, 0.2) is 0 Å². The van der Waals surface area contributed by atoms with Crippen molar-refractivity contribution in [1.29, 1.82) is 0 Å². The molecule has 1 saturated carbocycles. The lowest BCUT2D eigenvalue weighted by atomic mass is 9.87. The van der Waals surface area contributed by atoms with E-state index in [-0.39, 0.29) is 6.10 Å². The summed E-state index contributed by atoms with van der Waals surface area (Å²) in [6.45, 7) is 11.0. The highest BCUT2D eigenvalue weighted by molar-refractivity contribution is 5.00. The van der Waals surface area contributed by atoms with Gasteiger partial charge in [0.15, 0.2) is 0 Å². The van der Waals surface area contributed by atoms with Gasteiger partial charge in [-0.05, 0) is 29.6 Å². The monoisotopic (exact) mass is 170 g/mol. The predicted molar refractivity (Wildman–Crippen MR) is 51.9 cm³/mol. The van der Waals surface area contributed by atoms with Gasteiger partial charge < -0.3 is 5.11 Å². The second-order valence-corrected chi connectivity index (χ2v) is 5.39. The van der Waals surface area contributed by atoms with E-state index in [4.69, 9.17) is 0 Å². The lowest BCUT2D eigenvalue weighted by Crippen LogP contribution is -2.26. The fourth-order valence-corrected chi connectivity index (χ4v) is 1.85. The summed E-state index contributed by atoms with van der Waals surface area (Å²) in [5.41, 5.74) is 0.405. The zero-order chi connectivity index (χ0) is 9.52. The maximum Gasteiger partial charge on any atom is 0.0601 e. The second kappa shape index (κ2) is 3.02. The van der Waals surface area contributed by atoms with Crippen molar-refractivity contribution < 1.29 is 5.11 Å². The van der Waals surface area contributed by atoms with Crippen LogP contribution in [0.4, 0.5) is 0 Å². The lowest BCUT2D eigenvalue weighted by Gasteiger charge is -2.23. The van der Waals surface area contributed by atoms with Gasteiger partial charge in [-0.25, -0.2) is 0 Å². The second-order valence-electron chi connectivity index (χ2n) is 5.39. The molecule has 1 aliphatic carbocycles. The van der Waals surface area contributed by atoms with Gasteiger partial charge in [0.2, 0.25) is 0 Å². The summed E-state index contributed by atoms with van der Waals surface area (Å²) in [5.74, 6) is 1.59. The summed E-state index contributed by atoms with van der Waals surface area (Å²) in [5, 5.41) is 9.96. The van der Waals surface area contributed by atoms with E-state index in [2.05, 4.69) is 34.6 Å². The Labute approximate surface area is 76.2 Å². The van der Waals surface area contributed by atoms with Gasteiger partial charge in [-0.2, -0.15) is 0 Å². The van der Waals surface area contributed by atoms with Crippen molar-refractivity contribution in [3.63, 3.8) is 0 Å². The van der Waals surface area contributed by atoms with Crippen molar-refractivity contribution in [2.24, 2.45) is 23.2 Å². The summed E-state index contributed by atoms with van der Waals surface area (Å²) in [6, 6.07) is 0. The van der Waals surface area contributed by atoms with E-state index >= 15 is 0 Å². The van der Waals surface area contributed by atoms with Gasteiger partial charge in [0.05, 0.1) is 6.10 Å². The van der Waals surface area contributed by atoms with Gasteiger partial charge in [-0.15, -0.1) is 0 Å². The van der Waals surface area contributed by atoms with E-state index in [9.17, 15) is 5.11 Å². The quantitative estimate of drug-likeness (QED) is 0.690. The molecule has 1 nitrogen and oxygen atoms in total. The zero-order valence-electron chi connectivity index (χ0n) is 8.96. The van der Waals surface area contributed by atoms with Crippen LogP contribution in [0.1, 0.15) is 41.0 Å². The third kappa shape index (κ3) is 1.82. The Morgan fingerprint density at radius 2 is 1.67 bits per heavy atom. The Kier molecular flexibility index (Phi) is 2.53. The smallest absolute Gasteiger partial charge is 0.0601 e. The molecule has 1 heteroatoms. The molecule has 0 bridgehead atoms. The Hall–Kier alpha value is -0.0400. The lowest BCUT2D eigenvalue weighted by molar-refractivity contribution is 0.0614. The van der Waals surface area contributed by atoms with Crippen molar-refractivity contribution in [3.05, 3.63) is 0 Å². The van der Waals surface area contributed by atoms with E-state index in [0.717, 1.165) is 0 Å². The maximum atomic E-state index is 9.96. The van der Waals surface area contributed by atoms with Gasteiger partial charge in [0.1, 0.15) is 0 Å². The summed E-state index contributed by atoms with van der Waals surface area (Å²) < 4.78 is 0. The van der Waals surface area contributed by atoms with Crippen LogP contribution >= 0.6 is 0 Å². The molecule has 0 aliphatic heterocycles. The fourth-order valence-electron chi connectivity index (χ4n) is 1.85. The number of hydrogen-bond acceptors (Lipinski definition) is 1. The van der Waals surface area contributed by atoms with Crippen LogP contribution in [0, 0.1) is 23.2 Å². The molecule has 0 spiro atoms. The minimum absolute atomic E-state index is 0.0833. The number of hydrogen-bond donors (Lipinski definition) is 1. The highest BCUT2D eigenvalue weighted by Crippen LogP contribution is 2.55. The molecule has 1 N–H and O–H groups in total. The number of aliphatic hydroxyl groups is 1. The molecule has 1 aliphatic rings. The van der Waals surface area contributed by atoms with Crippen LogP contribution in [-0.2, 0) is 0 Å². The molecule has 0 saturated heterocycles. The summed E-state index contributed by atoms with van der Waals surface area (Å²) in [4.78, 5) is 0. The molecule has 0 radical (unpaired) electrons. The topological polar surface area (TPSA) is 20.2 Å². The Morgan fingerprint density at radius 3 is 1.92 bits per heavy atom. The first kappa shape index (κ1) is 10.0. The molecule has 1 rings (SSSR count). The molecular weight excluding hydrogens is 148 g/mol. The Morgan fingerprint density at radius 1 is 1.25 bits per heavy atom. The largest absolute Gasteiger partial charge is 0.393 e. The minimum Gasteiger partial charge on any atom is -0.393 e. The van der Waals surface area contributed by atoms with Crippen LogP contribution in [-0.4, -0.2) is 11.2 Å². The van der Waals surface area contributed by atoms with Crippen molar-refractivity contribution in [1.82, 2.24) is 0 Å². The van der Waals surface area contributed by atoms with Crippen LogP contribution in [0.3, 0.4) is 0 Å². The number of rotatable bonds is 3. The van der Waals surface area contributed by atoms with E-state index in [1.165, 1.54) is 6.42 Å². The molecular formula is C11H22O. The van der Waals surface area contributed by atoms with E-state index < -0.39 is 0 Å². The molecule has 72 valence electrons. The van der Waals surface area contributed by atoms with Gasteiger partial charge in [0, 0.05) is 0 Å². The first-order chi connectivity index (χ1) is 5.36. The van der Waals surface area contributed by atoms with Crippen LogP contribution in [0.25, 0.3) is 0 Å². The normalized spacial score (nSPS) is 31.8.